The Morgan fingerprint density at radius 3 is 2.67 bits per heavy atom. The molecule has 0 spiro atoms. The smallest absolute Gasteiger partial charge is 0.338 e. The number of piperidine rings is 1. The van der Waals surface area contributed by atoms with Crippen molar-refractivity contribution in [2.75, 3.05) is 13.1 Å². The van der Waals surface area contributed by atoms with Gasteiger partial charge in [0.15, 0.2) is 5.69 Å². The molecule has 1 saturated heterocycles. The number of likely N-dealkylation sites (tertiary alicyclic amines) is 1. The van der Waals surface area contributed by atoms with E-state index in [2.05, 4.69) is 5.10 Å². The van der Waals surface area contributed by atoms with Crippen LogP contribution in [0.15, 0.2) is 30.5 Å². The predicted octanol–water partition coefficient (Wildman–Crippen LogP) is 3.23. The molecule has 2 unspecified atom stereocenters. The van der Waals surface area contributed by atoms with Gasteiger partial charge < -0.3 is 10.6 Å². The summed E-state index contributed by atoms with van der Waals surface area (Å²) in [4.78, 5) is 14.2. The SMILES string of the molecule is CC(N)C1CCCN(C(=O)c2cnn(-c3ccccc3F)c2C(F)(F)F)C1. The summed E-state index contributed by atoms with van der Waals surface area (Å²) in [6.45, 7) is 2.46. The lowest BCUT2D eigenvalue weighted by Crippen LogP contribution is -2.45. The molecule has 2 aromatic rings. The van der Waals surface area contributed by atoms with E-state index in [0.717, 1.165) is 18.7 Å². The summed E-state index contributed by atoms with van der Waals surface area (Å²) in [6.07, 6.45) is -2.53. The van der Waals surface area contributed by atoms with Crippen molar-refractivity contribution in [1.82, 2.24) is 14.7 Å². The van der Waals surface area contributed by atoms with Gasteiger partial charge in [-0.2, -0.15) is 18.3 Å². The third-order valence-corrected chi connectivity index (χ3v) is 4.84. The fraction of sp³-hybridized carbons (Fsp3) is 0.444. The van der Waals surface area contributed by atoms with Gasteiger partial charge in [0, 0.05) is 19.1 Å². The van der Waals surface area contributed by atoms with E-state index < -0.39 is 29.2 Å². The second-order valence-corrected chi connectivity index (χ2v) is 6.78. The van der Waals surface area contributed by atoms with E-state index in [1.807, 2.05) is 6.92 Å². The number of halogens is 4. The third kappa shape index (κ3) is 3.83. The molecule has 146 valence electrons. The number of carbonyl (C=O) groups excluding carboxylic acids is 1. The van der Waals surface area contributed by atoms with Crippen molar-refractivity contribution < 1.29 is 22.4 Å². The van der Waals surface area contributed by atoms with Crippen LogP contribution in [-0.2, 0) is 6.18 Å². The van der Waals surface area contributed by atoms with Crippen LogP contribution in [0.3, 0.4) is 0 Å². The minimum atomic E-state index is -4.87. The van der Waals surface area contributed by atoms with Crippen molar-refractivity contribution >= 4 is 5.91 Å². The van der Waals surface area contributed by atoms with Crippen LogP contribution in [0.5, 0.6) is 0 Å². The first-order chi connectivity index (χ1) is 12.7. The fourth-order valence-electron chi connectivity index (χ4n) is 3.38. The predicted molar refractivity (Wildman–Crippen MR) is 90.8 cm³/mol. The lowest BCUT2D eigenvalue weighted by Gasteiger charge is -2.34. The van der Waals surface area contributed by atoms with E-state index in [9.17, 15) is 22.4 Å². The second-order valence-electron chi connectivity index (χ2n) is 6.78. The summed E-state index contributed by atoms with van der Waals surface area (Å²) >= 11 is 0. The van der Waals surface area contributed by atoms with Gasteiger partial charge in [0.25, 0.3) is 5.91 Å². The lowest BCUT2D eigenvalue weighted by molar-refractivity contribution is -0.143. The van der Waals surface area contributed by atoms with Crippen LogP contribution >= 0.6 is 0 Å². The van der Waals surface area contributed by atoms with Gasteiger partial charge in [-0.15, -0.1) is 0 Å². The molecule has 1 fully saturated rings. The highest BCUT2D eigenvalue weighted by atomic mass is 19.4. The quantitative estimate of drug-likeness (QED) is 0.827. The van der Waals surface area contributed by atoms with Crippen molar-refractivity contribution in [2.24, 2.45) is 11.7 Å². The number of alkyl halides is 3. The maximum atomic E-state index is 14.0. The zero-order valence-electron chi connectivity index (χ0n) is 14.7. The highest BCUT2D eigenvalue weighted by Crippen LogP contribution is 2.35. The number of carbonyl (C=O) groups is 1. The Balaban J connectivity index is 2.01. The summed E-state index contributed by atoms with van der Waals surface area (Å²) < 4.78 is 55.6. The first-order valence-corrected chi connectivity index (χ1v) is 8.65. The molecule has 0 saturated carbocycles. The minimum absolute atomic E-state index is 0.0265. The number of nitrogens with two attached hydrogens (primary N) is 1. The van der Waals surface area contributed by atoms with Crippen LogP contribution in [0.1, 0.15) is 35.8 Å². The molecule has 3 rings (SSSR count). The molecule has 1 aromatic heterocycles. The summed E-state index contributed by atoms with van der Waals surface area (Å²) in [5, 5.41) is 3.67. The molecule has 0 radical (unpaired) electrons. The van der Waals surface area contributed by atoms with Gasteiger partial charge in [-0.3, -0.25) is 4.79 Å². The number of nitrogens with zero attached hydrogens (tertiary/aromatic N) is 3. The van der Waals surface area contributed by atoms with Gasteiger partial charge in [-0.25, -0.2) is 9.07 Å². The molecular weight excluding hydrogens is 364 g/mol. The van der Waals surface area contributed by atoms with Gasteiger partial charge >= 0.3 is 6.18 Å². The zero-order valence-corrected chi connectivity index (χ0v) is 14.7. The minimum Gasteiger partial charge on any atom is -0.338 e. The molecule has 2 N–H and O–H groups in total. The van der Waals surface area contributed by atoms with Crippen LogP contribution in [0, 0.1) is 11.7 Å². The Morgan fingerprint density at radius 1 is 1.33 bits per heavy atom. The average Bonchev–Trinajstić information content (AvgIpc) is 3.06. The van der Waals surface area contributed by atoms with Crippen molar-refractivity contribution in [3.05, 3.63) is 47.5 Å². The fourth-order valence-corrected chi connectivity index (χ4v) is 3.38. The number of para-hydroxylation sites is 1. The zero-order chi connectivity index (χ0) is 19.8. The van der Waals surface area contributed by atoms with Crippen molar-refractivity contribution in [1.29, 1.82) is 0 Å². The number of hydrogen-bond donors (Lipinski definition) is 1. The Morgan fingerprint density at radius 2 is 2.04 bits per heavy atom. The second kappa shape index (κ2) is 7.30. The van der Waals surface area contributed by atoms with Gasteiger partial charge in [0.1, 0.15) is 11.5 Å². The van der Waals surface area contributed by atoms with E-state index in [-0.39, 0.29) is 17.6 Å². The highest BCUT2D eigenvalue weighted by Gasteiger charge is 2.42. The third-order valence-electron chi connectivity index (χ3n) is 4.84. The Kier molecular flexibility index (Phi) is 5.23. The molecule has 2 heterocycles. The number of aromatic nitrogens is 2. The first kappa shape index (κ1) is 19.3. The number of hydrogen-bond acceptors (Lipinski definition) is 3. The van der Waals surface area contributed by atoms with Gasteiger partial charge in [0.2, 0.25) is 0 Å². The Hall–Kier alpha value is -2.42. The van der Waals surface area contributed by atoms with E-state index in [1.165, 1.54) is 23.1 Å². The highest BCUT2D eigenvalue weighted by molar-refractivity contribution is 5.95. The Labute approximate surface area is 153 Å². The molecule has 1 aromatic carbocycles. The standard InChI is InChI=1S/C18H20F4N4O/c1-11(23)12-5-4-8-25(10-12)17(27)13-9-24-26(16(13)18(20,21)22)15-7-3-2-6-14(15)19/h2-3,6-7,9,11-12H,4-5,8,10,23H2,1H3. The van der Waals surface area contributed by atoms with Crippen LogP contribution in [0.25, 0.3) is 5.69 Å². The van der Waals surface area contributed by atoms with Crippen molar-refractivity contribution in [3.8, 4) is 5.69 Å². The van der Waals surface area contributed by atoms with Crippen molar-refractivity contribution in [3.63, 3.8) is 0 Å². The lowest BCUT2D eigenvalue weighted by atomic mass is 9.92. The van der Waals surface area contributed by atoms with E-state index >= 15 is 0 Å². The van der Waals surface area contributed by atoms with Crippen molar-refractivity contribution in [2.45, 2.75) is 32.0 Å². The van der Waals surface area contributed by atoms with Crippen LogP contribution < -0.4 is 5.73 Å². The molecule has 0 aliphatic carbocycles. The molecule has 1 aliphatic heterocycles. The van der Waals surface area contributed by atoms with E-state index in [0.29, 0.717) is 24.2 Å². The van der Waals surface area contributed by atoms with E-state index in [1.54, 1.807) is 0 Å². The number of amides is 1. The summed E-state index contributed by atoms with van der Waals surface area (Å²) in [7, 11) is 0. The number of rotatable bonds is 3. The van der Waals surface area contributed by atoms with E-state index in [4.69, 9.17) is 5.73 Å². The molecule has 1 amide bonds. The first-order valence-electron chi connectivity index (χ1n) is 8.65. The molecule has 9 heteroatoms. The summed E-state index contributed by atoms with van der Waals surface area (Å²) in [5.41, 5.74) is 3.66. The maximum absolute atomic E-state index is 14.0. The molecule has 2 atom stereocenters. The summed E-state index contributed by atoms with van der Waals surface area (Å²) in [5.74, 6) is -1.60. The molecule has 27 heavy (non-hydrogen) atoms. The van der Waals surface area contributed by atoms with Gasteiger partial charge in [-0.05, 0) is 37.8 Å². The number of benzene rings is 1. The maximum Gasteiger partial charge on any atom is 0.434 e. The monoisotopic (exact) mass is 384 g/mol. The Bertz CT molecular complexity index is 831. The van der Waals surface area contributed by atoms with Crippen LogP contribution in [0.4, 0.5) is 17.6 Å². The van der Waals surface area contributed by atoms with Gasteiger partial charge in [-0.1, -0.05) is 12.1 Å². The van der Waals surface area contributed by atoms with Crippen LogP contribution in [-0.4, -0.2) is 39.7 Å². The molecule has 5 nitrogen and oxygen atoms in total. The topological polar surface area (TPSA) is 64.2 Å². The molecular formula is C18H20F4N4O. The molecule has 1 aliphatic rings. The average molecular weight is 384 g/mol. The summed E-state index contributed by atoms with van der Waals surface area (Å²) in [6, 6.07) is 4.82. The van der Waals surface area contributed by atoms with Crippen LogP contribution in [0.2, 0.25) is 0 Å². The normalized spacial score (nSPS) is 19.2. The van der Waals surface area contributed by atoms with Gasteiger partial charge in [0.05, 0.1) is 11.8 Å². The largest absolute Gasteiger partial charge is 0.434 e. The molecule has 0 bridgehead atoms.